The van der Waals surface area contributed by atoms with Crippen LogP contribution in [0.3, 0.4) is 0 Å². The van der Waals surface area contributed by atoms with Crippen molar-refractivity contribution in [1.29, 1.82) is 0 Å². The predicted molar refractivity (Wildman–Crippen MR) is 120 cm³/mol. The van der Waals surface area contributed by atoms with E-state index in [1.54, 1.807) is 42.6 Å². The summed E-state index contributed by atoms with van der Waals surface area (Å²) in [4.78, 5) is 10.4. The van der Waals surface area contributed by atoms with Crippen molar-refractivity contribution in [3.8, 4) is 28.4 Å². The number of imidazole rings is 1. The van der Waals surface area contributed by atoms with E-state index in [9.17, 15) is 22.7 Å². The van der Waals surface area contributed by atoms with Crippen molar-refractivity contribution in [2.24, 2.45) is 5.41 Å². The van der Waals surface area contributed by atoms with Gasteiger partial charge in [-0.2, -0.15) is 13.2 Å². The number of allylic oxidation sites excluding steroid dienone is 1. The van der Waals surface area contributed by atoms with Crippen molar-refractivity contribution in [3.63, 3.8) is 0 Å². The van der Waals surface area contributed by atoms with Crippen molar-refractivity contribution in [1.82, 2.24) is 15.0 Å². The zero-order valence-corrected chi connectivity index (χ0v) is 18.9. The minimum atomic E-state index is -4.46. The number of alkyl halides is 4. The van der Waals surface area contributed by atoms with Gasteiger partial charge in [0.05, 0.1) is 24.5 Å². The van der Waals surface area contributed by atoms with Gasteiger partial charge in [-0.3, -0.25) is 4.39 Å². The zero-order valence-electron chi connectivity index (χ0n) is 18.9. The van der Waals surface area contributed by atoms with Crippen LogP contribution < -0.4 is 4.74 Å². The van der Waals surface area contributed by atoms with Crippen LogP contribution in [0, 0.1) is 5.41 Å². The first-order valence-electron chi connectivity index (χ1n) is 10.2. The first-order chi connectivity index (χ1) is 15.6. The molecule has 33 heavy (non-hydrogen) atoms. The van der Waals surface area contributed by atoms with E-state index in [4.69, 9.17) is 4.74 Å². The monoisotopic (exact) mass is 465 g/mol. The second kappa shape index (κ2) is 11.0. The van der Waals surface area contributed by atoms with Crippen LogP contribution in [-0.4, -0.2) is 33.8 Å². The summed E-state index contributed by atoms with van der Waals surface area (Å²) in [6.45, 7) is 6.01. The number of benzene rings is 1. The number of aromatic nitrogens is 3. The molecule has 0 aliphatic heterocycles. The SMILES string of the molecule is CC/C=C(\O)C(C)(C)COc1ccc(-c2ccc(-c3ncc(C(F)(F)F)[nH]3)cc2)cn1.CF. The van der Waals surface area contributed by atoms with Gasteiger partial charge in [0.25, 0.3) is 0 Å². The molecule has 5 nitrogen and oxygen atoms in total. The number of halogens is 4. The maximum Gasteiger partial charge on any atom is 0.432 e. The zero-order chi connectivity index (χ0) is 24.6. The Morgan fingerprint density at radius 3 is 2.09 bits per heavy atom. The third-order valence-electron chi connectivity index (χ3n) is 4.78. The molecular formula is C24H27F4N3O2. The maximum absolute atomic E-state index is 12.7. The molecule has 0 saturated heterocycles. The third kappa shape index (κ3) is 6.81. The fraction of sp³-hybridized carbons (Fsp3) is 0.333. The van der Waals surface area contributed by atoms with Crippen LogP contribution >= 0.6 is 0 Å². The molecule has 0 spiro atoms. The number of nitrogens with one attached hydrogen (secondary N) is 1. The van der Waals surface area contributed by atoms with Gasteiger partial charge in [-0.1, -0.05) is 31.2 Å². The van der Waals surface area contributed by atoms with E-state index in [0.29, 0.717) is 18.6 Å². The highest BCUT2D eigenvalue weighted by Crippen LogP contribution is 2.30. The molecule has 9 heteroatoms. The summed E-state index contributed by atoms with van der Waals surface area (Å²) in [5.41, 5.74) is 0.836. The summed E-state index contributed by atoms with van der Waals surface area (Å²) in [6, 6.07) is 10.6. The van der Waals surface area contributed by atoms with E-state index in [0.717, 1.165) is 23.7 Å². The first kappa shape index (κ1) is 25.9. The van der Waals surface area contributed by atoms with Crippen molar-refractivity contribution in [2.45, 2.75) is 33.4 Å². The van der Waals surface area contributed by atoms with E-state index < -0.39 is 17.3 Å². The van der Waals surface area contributed by atoms with Gasteiger partial charge in [-0.05, 0) is 38.0 Å². The lowest BCUT2D eigenvalue weighted by Crippen LogP contribution is -2.24. The van der Waals surface area contributed by atoms with Crippen molar-refractivity contribution >= 4 is 0 Å². The second-order valence-corrected chi connectivity index (χ2v) is 7.78. The van der Waals surface area contributed by atoms with Crippen molar-refractivity contribution in [3.05, 3.63) is 66.3 Å². The summed E-state index contributed by atoms with van der Waals surface area (Å²) in [5.74, 6) is 0.877. The first-order valence-corrected chi connectivity index (χ1v) is 10.2. The number of ether oxygens (including phenoxy) is 1. The van der Waals surface area contributed by atoms with Crippen LogP contribution in [0.2, 0.25) is 0 Å². The third-order valence-corrected chi connectivity index (χ3v) is 4.78. The summed E-state index contributed by atoms with van der Waals surface area (Å²) in [7, 11) is 0.500. The quantitative estimate of drug-likeness (QED) is 0.291. The van der Waals surface area contributed by atoms with Crippen LogP contribution in [0.15, 0.2) is 60.6 Å². The molecule has 0 unspecified atom stereocenters. The molecule has 0 aliphatic carbocycles. The van der Waals surface area contributed by atoms with Crippen LogP contribution in [0.5, 0.6) is 5.88 Å². The van der Waals surface area contributed by atoms with Gasteiger partial charge in [-0.15, -0.1) is 0 Å². The summed E-state index contributed by atoms with van der Waals surface area (Å²) in [6.07, 6.45) is 0.486. The number of hydrogen-bond acceptors (Lipinski definition) is 4. The smallest absolute Gasteiger partial charge is 0.432 e. The van der Waals surface area contributed by atoms with E-state index in [1.165, 1.54) is 0 Å². The Labute approximate surface area is 190 Å². The van der Waals surface area contributed by atoms with Crippen LogP contribution in [-0.2, 0) is 6.18 Å². The maximum atomic E-state index is 12.7. The Balaban J connectivity index is 0.00000187. The number of H-pyrrole nitrogens is 1. The molecule has 0 amide bonds. The molecule has 0 atom stereocenters. The van der Waals surface area contributed by atoms with Gasteiger partial charge < -0.3 is 14.8 Å². The van der Waals surface area contributed by atoms with E-state index >= 15 is 0 Å². The van der Waals surface area contributed by atoms with Gasteiger partial charge in [-0.25, -0.2) is 9.97 Å². The molecular weight excluding hydrogens is 438 g/mol. The summed E-state index contributed by atoms with van der Waals surface area (Å²) < 4.78 is 53.4. The van der Waals surface area contributed by atoms with Crippen LogP contribution in [0.1, 0.15) is 32.9 Å². The molecule has 0 radical (unpaired) electrons. The Bertz CT molecular complexity index is 1040. The normalized spacial score (nSPS) is 12.2. The number of aliphatic hydroxyl groups excluding tert-OH is 1. The molecule has 0 fully saturated rings. The summed E-state index contributed by atoms with van der Waals surface area (Å²) in [5, 5.41) is 10.1. The highest BCUT2D eigenvalue weighted by Gasteiger charge is 2.33. The minimum absolute atomic E-state index is 0.156. The fourth-order valence-electron chi connectivity index (χ4n) is 2.87. The number of hydrogen-bond donors (Lipinski definition) is 2. The molecule has 2 N–H and O–H groups in total. The molecule has 1 aromatic carbocycles. The van der Waals surface area contributed by atoms with E-state index in [-0.39, 0.29) is 18.2 Å². The van der Waals surface area contributed by atoms with E-state index in [2.05, 4.69) is 15.0 Å². The lowest BCUT2D eigenvalue weighted by atomic mass is 9.91. The average molecular weight is 465 g/mol. The largest absolute Gasteiger partial charge is 0.512 e. The highest BCUT2D eigenvalue weighted by atomic mass is 19.4. The molecule has 0 saturated carbocycles. The molecule has 3 aromatic rings. The number of aromatic amines is 1. The molecule has 3 rings (SSSR count). The fourth-order valence-corrected chi connectivity index (χ4v) is 2.87. The van der Waals surface area contributed by atoms with Gasteiger partial charge in [0.2, 0.25) is 5.88 Å². The van der Waals surface area contributed by atoms with Crippen molar-refractivity contribution < 1.29 is 27.4 Å². The number of aliphatic hydroxyl groups is 1. The topological polar surface area (TPSA) is 71.0 Å². The van der Waals surface area contributed by atoms with Gasteiger partial charge in [0.15, 0.2) is 0 Å². The molecule has 2 heterocycles. The van der Waals surface area contributed by atoms with Gasteiger partial charge >= 0.3 is 6.18 Å². The second-order valence-electron chi connectivity index (χ2n) is 7.78. The lowest BCUT2D eigenvalue weighted by Gasteiger charge is -2.23. The number of pyridine rings is 1. The Kier molecular flexibility index (Phi) is 8.62. The van der Waals surface area contributed by atoms with Crippen molar-refractivity contribution in [2.75, 3.05) is 13.8 Å². The van der Waals surface area contributed by atoms with E-state index in [1.807, 2.05) is 26.8 Å². The van der Waals surface area contributed by atoms with Gasteiger partial charge in [0.1, 0.15) is 18.1 Å². The average Bonchev–Trinajstić information content (AvgIpc) is 3.31. The standard InChI is InChI=1S/C23H24F3N3O2.CH3F/c1-4-5-19(30)22(2,3)14-31-20-11-10-17(12-27-20)15-6-8-16(9-7-15)21-28-13-18(29-21)23(24,25)26;1-2/h5-13,30H,4,14H2,1-3H3,(H,28,29);1H3/b19-5-;. The van der Waals surface area contributed by atoms with Gasteiger partial charge in [0, 0.05) is 23.4 Å². The number of rotatable bonds is 7. The van der Waals surface area contributed by atoms with Crippen LogP contribution in [0.25, 0.3) is 22.5 Å². The molecule has 178 valence electrons. The Hall–Kier alpha value is -3.36. The molecule has 2 aromatic heterocycles. The van der Waals surface area contributed by atoms with Crippen LogP contribution in [0.4, 0.5) is 17.6 Å². The Morgan fingerprint density at radius 1 is 0.970 bits per heavy atom. The number of nitrogens with zero attached hydrogens (tertiary/aromatic N) is 2. The molecule has 0 aliphatic rings. The lowest BCUT2D eigenvalue weighted by molar-refractivity contribution is -0.140. The summed E-state index contributed by atoms with van der Waals surface area (Å²) >= 11 is 0. The predicted octanol–water partition coefficient (Wildman–Crippen LogP) is 7.00. The Morgan fingerprint density at radius 2 is 1.58 bits per heavy atom. The highest BCUT2D eigenvalue weighted by molar-refractivity contribution is 5.67. The minimum Gasteiger partial charge on any atom is -0.512 e. The molecule has 0 bridgehead atoms.